The van der Waals surface area contributed by atoms with Crippen molar-refractivity contribution in [2.75, 3.05) is 5.32 Å². The summed E-state index contributed by atoms with van der Waals surface area (Å²) in [4.78, 5) is 18.6. The molecule has 0 saturated carbocycles. The van der Waals surface area contributed by atoms with Gasteiger partial charge in [0.2, 0.25) is 0 Å². The number of phenolic OH excluding ortho intramolecular Hbond substituents is 1. The Morgan fingerprint density at radius 1 is 1.17 bits per heavy atom. The van der Waals surface area contributed by atoms with Gasteiger partial charge in [0.25, 0.3) is 5.69 Å². The van der Waals surface area contributed by atoms with Crippen LogP contribution in [0.1, 0.15) is 0 Å². The minimum absolute atomic E-state index is 0. The lowest BCUT2D eigenvalue weighted by atomic mass is 10.2. The molecule has 2 aromatic carbocycles. The first-order valence-corrected chi connectivity index (χ1v) is 6.98. The van der Waals surface area contributed by atoms with Gasteiger partial charge >= 0.3 is 0 Å². The second kappa shape index (κ2) is 6.76. The van der Waals surface area contributed by atoms with Gasteiger partial charge < -0.3 is 22.8 Å². The van der Waals surface area contributed by atoms with E-state index < -0.39 is 4.92 Å². The Bertz CT molecular complexity index is 891. The van der Waals surface area contributed by atoms with Crippen LogP contribution in [0.15, 0.2) is 47.2 Å². The fourth-order valence-corrected chi connectivity index (χ4v) is 2.35. The van der Waals surface area contributed by atoms with E-state index in [0.29, 0.717) is 11.3 Å². The van der Waals surface area contributed by atoms with Crippen LogP contribution in [0.3, 0.4) is 0 Å². The lowest BCUT2D eigenvalue weighted by Crippen LogP contribution is -3.00. The Labute approximate surface area is 145 Å². The van der Waals surface area contributed by atoms with Gasteiger partial charge in [0.05, 0.1) is 16.1 Å². The summed E-state index contributed by atoms with van der Waals surface area (Å²) in [7, 11) is 0. The predicted molar refractivity (Wildman–Crippen MR) is 85.3 cm³/mol. The van der Waals surface area contributed by atoms with Gasteiger partial charge in [-0.3, -0.25) is 10.1 Å². The van der Waals surface area contributed by atoms with E-state index >= 15 is 0 Å². The molecule has 0 bridgehead atoms. The summed E-state index contributed by atoms with van der Waals surface area (Å²) in [6, 6.07) is 9.24. The van der Waals surface area contributed by atoms with Gasteiger partial charge in [-0.25, -0.2) is 9.97 Å². The summed E-state index contributed by atoms with van der Waals surface area (Å²) in [6.45, 7) is 0. The van der Waals surface area contributed by atoms with Crippen LogP contribution < -0.4 is 17.7 Å². The molecule has 3 rings (SSSR count). The zero-order chi connectivity index (χ0) is 15.7. The van der Waals surface area contributed by atoms with Crippen LogP contribution in [0.5, 0.6) is 5.75 Å². The number of nitrogens with one attached hydrogen (secondary N) is 1. The molecule has 0 amide bonds. The van der Waals surface area contributed by atoms with E-state index in [1.54, 1.807) is 0 Å². The summed E-state index contributed by atoms with van der Waals surface area (Å²) in [6.07, 6.45) is 1.38. The first-order valence-electron chi connectivity index (χ1n) is 6.19. The molecule has 0 atom stereocenters. The number of halogens is 2. The summed E-state index contributed by atoms with van der Waals surface area (Å²) >= 11 is 3.38. The molecule has 0 spiro atoms. The van der Waals surface area contributed by atoms with E-state index in [1.807, 2.05) is 18.2 Å². The van der Waals surface area contributed by atoms with E-state index in [0.717, 1.165) is 9.86 Å². The molecular formula is C14H9BrClN4O3-. The maximum atomic E-state index is 10.8. The standard InChI is InChI=1S/C14H9BrN4O3.ClH/c15-8-1-3-11-10(5-8)14(17-7-16-11)18-12-6-9(19(21)22)2-4-13(12)20;/h1-7,20H,(H,16,17,18);1H/p-1. The average molecular weight is 397 g/mol. The highest BCUT2D eigenvalue weighted by molar-refractivity contribution is 9.10. The minimum Gasteiger partial charge on any atom is -1.00 e. The molecule has 1 heterocycles. The third-order valence-corrected chi connectivity index (χ3v) is 3.53. The van der Waals surface area contributed by atoms with Crippen LogP contribution in [-0.2, 0) is 0 Å². The van der Waals surface area contributed by atoms with Gasteiger partial charge in [0, 0.05) is 22.0 Å². The van der Waals surface area contributed by atoms with Crippen LogP contribution >= 0.6 is 15.9 Å². The van der Waals surface area contributed by atoms with Crippen molar-refractivity contribution in [1.29, 1.82) is 0 Å². The number of non-ortho nitro benzene ring substituents is 1. The smallest absolute Gasteiger partial charge is 0.271 e. The van der Waals surface area contributed by atoms with Gasteiger partial charge in [-0.2, -0.15) is 0 Å². The van der Waals surface area contributed by atoms with Crippen molar-refractivity contribution in [3.8, 4) is 5.75 Å². The maximum absolute atomic E-state index is 10.8. The van der Waals surface area contributed by atoms with Gasteiger partial charge in [-0.15, -0.1) is 0 Å². The third-order valence-electron chi connectivity index (χ3n) is 3.04. The zero-order valence-electron chi connectivity index (χ0n) is 11.4. The minimum atomic E-state index is -0.528. The van der Waals surface area contributed by atoms with Crippen molar-refractivity contribution >= 4 is 44.0 Å². The topological polar surface area (TPSA) is 101 Å². The highest BCUT2D eigenvalue weighted by Gasteiger charge is 2.12. The molecule has 118 valence electrons. The summed E-state index contributed by atoms with van der Waals surface area (Å²) in [5.41, 5.74) is 0.791. The molecule has 0 fully saturated rings. The molecule has 0 aliphatic heterocycles. The van der Waals surface area contributed by atoms with Crippen molar-refractivity contribution in [2.24, 2.45) is 0 Å². The molecule has 0 aliphatic carbocycles. The van der Waals surface area contributed by atoms with Crippen molar-refractivity contribution in [3.63, 3.8) is 0 Å². The van der Waals surface area contributed by atoms with E-state index in [-0.39, 0.29) is 29.5 Å². The molecular weight excluding hydrogens is 388 g/mol. The first kappa shape index (κ1) is 16.9. The number of rotatable bonds is 3. The number of nitro groups is 1. The predicted octanol–water partition coefficient (Wildman–Crippen LogP) is 0.754. The average Bonchev–Trinajstić information content (AvgIpc) is 2.49. The molecule has 0 unspecified atom stereocenters. The van der Waals surface area contributed by atoms with E-state index in [1.165, 1.54) is 24.5 Å². The van der Waals surface area contributed by atoms with Crippen LogP contribution in [-0.4, -0.2) is 20.0 Å². The summed E-state index contributed by atoms with van der Waals surface area (Å²) in [5.74, 6) is 0.342. The Balaban J connectivity index is 0.00000192. The molecule has 0 saturated heterocycles. The van der Waals surface area contributed by atoms with Crippen LogP contribution in [0.25, 0.3) is 10.9 Å². The van der Waals surface area contributed by atoms with Crippen molar-refractivity contribution in [1.82, 2.24) is 9.97 Å². The number of hydrogen-bond donors (Lipinski definition) is 2. The summed E-state index contributed by atoms with van der Waals surface area (Å²) in [5, 5.41) is 24.3. The highest BCUT2D eigenvalue weighted by Crippen LogP contribution is 2.32. The number of fused-ring (bicyclic) bond motifs is 1. The van der Waals surface area contributed by atoms with Crippen LogP contribution in [0.4, 0.5) is 17.2 Å². The molecule has 2 N–H and O–H groups in total. The fraction of sp³-hybridized carbons (Fsp3) is 0. The van der Waals surface area contributed by atoms with Gasteiger partial charge in [-0.1, -0.05) is 15.9 Å². The molecule has 23 heavy (non-hydrogen) atoms. The lowest BCUT2D eigenvalue weighted by Gasteiger charge is -2.10. The second-order valence-corrected chi connectivity index (χ2v) is 5.38. The largest absolute Gasteiger partial charge is 1.00 e. The van der Waals surface area contributed by atoms with Crippen molar-refractivity contribution in [3.05, 3.63) is 57.3 Å². The Hall–Kier alpha value is -2.45. The first-order chi connectivity index (χ1) is 10.5. The number of anilines is 2. The SMILES string of the molecule is O=[N+]([O-])c1ccc(O)c(Nc2ncnc3ccc(Br)cc23)c1.[Cl-]. The van der Waals surface area contributed by atoms with Crippen LogP contribution in [0, 0.1) is 10.1 Å². The molecule has 0 radical (unpaired) electrons. The monoisotopic (exact) mass is 395 g/mol. The van der Waals surface area contributed by atoms with Gasteiger partial charge in [0.15, 0.2) is 0 Å². The molecule has 3 aromatic rings. The fourth-order valence-electron chi connectivity index (χ4n) is 1.99. The van der Waals surface area contributed by atoms with E-state index in [2.05, 4.69) is 31.2 Å². The molecule has 0 aliphatic rings. The third kappa shape index (κ3) is 3.49. The van der Waals surface area contributed by atoms with E-state index in [4.69, 9.17) is 0 Å². The second-order valence-electron chi connectivity index (χ2n) is 4.47. The highest BCUT2D eigenvalue weighted by atomic mass is 79.9. The number of hydrogen-bond acceptors (Lipinski definition) is 6. The molecule has 1 aromatic heterocycles. The van der Waals surface area contributed by atoms with Crippen molar-refractivity contribution < 1.29 is 22.4 Å². The number of aromatic hydroxyl groups is 1. The Morgan fingerprint density at radius 3 is 2.70 bits per heavy atom. The number of nitro benzene ring substituents is 1. The number of nitrogens with zero attached hydrogens (tertiary/aromatic N) is 3. The normalized spacial score (nSPS) is 10.1. The Morgan fingerprint density at radius 2 is 1.96 bits per heavy atom. The van der Waals surface area contributed by atoms with Crippen molar-refractivity contribution in [2.45, 2.75) is 0 Å². The number of benzene rings is 2. The quantitative estimate of drug-likeness (QED) is 0.385. The van der Waals surface area contributed by atoms with E-state index in [9.17, 15) is 15.2 Å². The zero-order valence-corrected chi connectivity index (χ0v) is 13.7. The van der Waals surface area contributed by atoms with Crippen LogP contribution in [0.2, 0.25) is 0 Å². The molecule has 9 heteroatoms. The lowest BCUT2D eigenvalue weighted by molar-refractivity contribution is -0.384. The van der Waals surface area contributed by atoms with Gasteiger partial charge in [-0.05, 0) is 24.3 Å². The number of phenols is 1. The maximum Gasteiger partial charge on any atom is 0.271 e. The number of aromatic nitrogens is 2. The summed E-state index contributed by atoms with van der Waals surface area (Å²) < 4.78 is 0.848. The Kier molecular flexibility index (Phi) is 4.97. The van der Waals surface area contributed by atoms with Gasteiger partial charge in [0.1, 0.15) is 17.9 Å². The molecule has 7 nitrogen and oxygen atoms in total.